The molecule has 6 heteroatoms. The summed E-state index contributed by atoms with van der Waals surface area (Å²) in [6, 6.07) is 4.73. The van der Waals surface area contributed by atoms with Crippen LogP contribution in [0.3, 0.4) is 0 Å². The Balaban J connectivity index is 1.47. The van der Waals surface area contributed by atoms with E-state index in [1.807, 2.05) is 0 Å². The van der Waals surface area contributed by atoms with E-state index in [0.717, 1.165) is 61.2 Å². The molecule has 0 spiro atoms. The van der Waals surface area contributed by atoms with Crippen molar-refractivity contribution in [1.82, 2.24) is 9.88 Å². The van der Waals surface area contributed by atoms with Gasteiger partial charge in [0.25, 0.3) is 0 Å². The number of thiazole rings is 1. The zero-order chi connectivity index (χ0) is 13.8. The van der Waals surface area contributed by atoms with Crippen LogP contribution in [0.2, 0.25) is 0 Å². The maximum atomic E-state index is 13.1. The SMILES string of the molecule is Fc1ccc2sc(NCCCN3CCOCC3)nc2c1. The average Bonchev–Trinajstić information content (AvgIpc) is 2.86. The molecule has 0 radical (unpaired) electrons. The molecule has 4 nitrogen and oxygen atoms in total. The number of halogens is 1. The minimum absolute atomic E-state index is 0.235. The number of nitrogens with zero attached hydrogens (tertiary/aromatic N) is 2. The summed E-state index contributed by atoms with van der Waals surface area (Å²) in [6.45, 7) is 5.71. The molecule has 2 aromatic rings. The second-order valence-electron chi connectivity index (χ2n) is 4.87. The average molecular weight is 295 g/mol. The molecule has 20 heavy (non-hydrogen) atoms. The fraction of sp³-hybridized carbons (Fsp3) is 0.500. The summed E-state index contributed by atoms with van der Waals surface area (Å²) in [5.74, 6) is -0.235. The third-order valence-electron chi connectivity index (χ3n) is 3.38. The van der Waals surface area contributed by atoms with E-state index in [-0.39, 0.29) is 5.82 Å². The maximum absolute atomic E-state index is 13.1. The molecule has 1 aliphatic heterocycles. The molecule has 1 N–H and O–H groups in total. The van der Waals surface area contributed by atoms with Crippen molar-refractivity contribution < 1.29 is 9.13 Å². The smallest absolute Gasteiger partial charge is 0.183 e. The number of nitrogens with one attached hydrogen (secondary N) is 1. The first-order chi connectivity index (χ1) is 9.81. The number of morpholine rings is 1. The lowest BCUT2D eigenvalue weighted by molar-refractivity contribution is 0.0378. The number of aromatic nitrogens is 1. The van der Waals surface area contributed by atoms with Crippen LogP contribution in [0.1, 0.15) is 6.42 Å². The third kappa shape index (κ3) is 3.45. The van der Waals surface area contributed by atoms with E-state index in [2.05, 4.69) is 15.2 Å². The maximum Gasteiger partial charge on any atom is 0.183 e. The van der Waals surface area contributed by atoms with Gasteiger partial charge in [0.1, 0.15) is 5.82 Å². The first-order valence-corrected chi connectivity index (χ1v) is 7.73. The van der Waals surface area contributed by atoms with Gasteiger partial charge < -0.3 is 10.1 Å². The zero-order valence-electron chi connectivity index (χ0n) is 11.3. The normalized spacial score (nSPS) is 16.6. The number of hydrogen-bond acceptors (Lipinski definition) is 5. The van der Waals surface area contributed by atoms with Gasteiger partial charge in [0, 0.05) is 25.7 Å². The highest BCUT2D eigenvalue weighted by molar-refractivity contribution is 7.22. The summed E-state index contributed by atoms with van der Waals surface area (Å²) in [5, 5.41) is 4.19. The lowest BCUT2D eigenvalue weighted by Gasteiger charge is -2.26. The van der Waals surface area contributed by atoms with Crippen molar-refractivity contribution in [1.29, 1.82) is 0 Å². The Hall–Kier alpha value is -1.24. The van der Waals surface area contributed by atoms with E-state index in [1.54, 1.807) is 17.4 Å². The standard InChI is InChI=1S/C14H18FN3OS/c15-11-2-3-13-12(10-11)17-14(20-13)16-4-1-5-18-6-8-19-9-7-18/h2-3,10H,1,4-9H2,(H,16,17). The largest absolute Gasteiger partial charge is 0.379 e. The minimum Gasteiger partial charge on any atom is -0.379 e. The molecule has 0 aliphatic carbocycles. The van der Waals surface area contributed by atoms with E-state index >= 15 is 0 Å². The highest BCUT2D eigenvalue weighted by atomic mass is 32.1. The summed E-state index contributed by atoms with van der Waals surface area (Å²) in [4.78, 5) is 6.81. The zero-order valence-corrected chi connectivity index (χ0v) is 12.1. The van der Waals surface area contributed by atoms with E-state index in [1.165, 1.54) is 12.1 Å². The topological polar surface area (TPSA) is 37.4 Å². The Morgan fingerprint density at radius 3 is 3.05 bits per heavy atom. The molecule has 1 aromatic heterocycles. The number of fused-ring (bicyclic) bond motifs is 1. The first-order valence-electron chi connectivity index (χ1n) is 6.91. The van der Waals surface area contributed by atoms with Crippen molar-refractivity contribution in [3.05, 3.63) is 24.0 Å². The third-order valence-corrected chi connectivity index (χ3v) is 4.37. The van der Waals surface area contributed by atoms with E-state index in [0.29, 0.717) is 0 Å². The molecule has 1 fully saturated rings. The molecular weight excluding hydrogens is 277 g/mol. The summed E-state index contributed by atoms with van der Waals surface area (Å²) >= 11 is 1.57. The molecular formula is C14H18FN3OS. The van der Waals surface area contributed by atoms with Gasteiger partial charge in [-0.15, -0.1) is 0 Å². The Morgan fingerprint density at radius 1 is 1.35 bits per heavy atom. The summed E-state index contributed by atoms with van der Waals surface area (Å²) < 4.78 is 19.4. The monoisotopic (exact) mass is 295 g/mol. The lowest BCUT2D eigenvalue weighted by atomic mass is 10.3. The van der Waals surface area contributed by atoms with E-state index < -0.39 is 0 Å². The van der Waals surface area contributed by atoms with Gasteiger partial charge in [-0.05, 0) is 25.1 Å². The molecule has 0 unspecified atom stereocenters. The second kappa shape index (κ2) is 6.47. The van der Waals surface area contributed by atoms with Crippen LogP contribution in [0.25, 0.3) is 10.2 Å². The van der Waals surface area contributed by atoms with Gasteiger partial charge in [-0.25, -0.2) is 9.37 Å². The van der Waals surface area contributed by atoms with Crippen LogP contribution in [0.15, 0.2) is 18.2 Å². The van der Waals surface area contributed by atoms with Gasteiger partial charge in [-0.1, -0.05) is 11.3 Å². The summed E-state index contributed by atoms with van der Waals surface area (Å²) in [7, 11) is 0. The van der Waals surface area contributed by atoms with Crippen LogP contribution in [0.4, 0.5) is 9.52 Å². The number of anilines is 1. The van der Waals surface area contributed by atoms with Crippen LogP contribution in [-0.2, 0) is 4.74 Å². The van der Waals surface area contributed by atoms with Crippen molar-refractivity contribution in [2.24, 2.45) is 0 Å². The van der Waals surface area contributed by atoms with E-state index in [9.17, 15) is 4.39 Å². The highest BCUT2D eigenvalue weighted by Crippen LogP contribution is 2.26. The van der Waals surface area contributed by atoms with Crippen molar-refractivity contribution in [2.75, 3.05) is 44.7 Å². The lowest BCUT2D eigenvalue weighted by Crippen LogP contribution is -2.37. The number of hydrogen-bond donors (Lipinski definition) is 1. The fourth-order valence-electron chi connectivity index (χ4n) is 2.30. The van der Waals surface area contributed by atoms with Gasteiger partial charge in [0.05, 0.1) is 23.4 Å². The van der Waals surface area contributed by atoms with Gasteiger partial charge in [0.15, 0.2) is 5.13 Å². The quantitative estimate of drug-likeness (QED) is 0.860. The van der Waals surface area contributed by atoms with Crippen molar-refractivity contribution in [3.63, 3.8) is 0 Å². The molecule has 1 saturated heterocycles. The van der Waals surface area contributed by atoms with Crippen molar-refractivity contribution in [2.45, 2.75) is 6.42 Å². The molecule has 0 bridgehead atoms. The molecule has 3 rings (SSSR count). The Kier molecular flexibility index (Phi) is 4.44. The van der Waals surface area contributed by atoms with Crippen LogP contribution in [0, 0.1) is 5.82 Å². The van der Waals surface area contributed by atoms with Gasteiger partial charge in [-0.3, -0.25) is 4.90 Å². The predicted octanol–water partition coefficient (Wildman–Crippen LogP) is 2.57. The number of benzene rings is 1. The molecule has 1 aromatic carbocycles. The Bertz CT molecular complexity index is 569. The fourth-order valence-corrected chi connectivity index (χ4v) is 3.17. The number of ether oxygens (including phenoxy) is 1. The van der Waals surface area contributed by atoms with Crippen LogP contribution in [0.5, 0.6) is 0 Å². The van der Waals surface area contributed by atoms with Crippen LogP contribution >= 0.6 is 11.3 Å². The summed E-state index contributed by atoms with van der Waals surface area (Å²) in [5.41, 5.74) is 0.727. The van der Waals surface area contributed by atoms with Gasteiger partial charge in [-0.2, -0.15) is 0 Å². The predicted molar refractivity (Wildman–Crippen MR) is 79.9 cm³/mol. The Labute approximate surface area is 121 Å². The molecule has 0 atom stereocenters. The highest BCUT2D eigenvalue weighted by Gasteiger charge is 2.09. The van der Waals surface area contributed by atoms with Crippen LogP contribution in [-0.4, -0.2) is 49.3 Å². The second-order valence-corrected chi connectivity index (χ2v) is 5.90. The molecule has 1 aliphatic rings. The van der Waals surface area contributed by atoms with Gasteiger partial charge >= 0.3 is 0 Å². The molecule has 2 heterocycles. The van der Waals surface area contributed by atoms with Crippen molar-refractivity contribution in [3.8, 4) is 0 Å². The Morgan fingerprint density at radius 2 is 2.20 bits per heavy atom. The van der Waals surface area contributed by atoms with Crippen LogP contribution < -0.4 is 5.32 Å². The van der Waals surface area contributed by atoms with E-state index in [4.69, 9.17) is 4.74 Å². The minimum atomic E-state index is -0.235. The van der Waals surface area contributed by atoms with Crippen molar-refractivity contribution >= 4 is 26.7 Å². The number of rotatable bonds is 5. The molecule has 0 saturated carbocycles. The van der Waals surface area contributed by atoms with Gasteiger partial charge in [0.2, 0.25) is 0 Å². The first kappa shape index (κ1) is 13.7. The molecule has 0 amide bonds. The summed E-state index contributed by atoms with van der Waals surface area (Å²) in [6.07, 6.45) is 1.07. The molecule has 108 valence electrons.